The maximum Gasteiger partial charge on any atom is 0.165 e. The highest BCUT2D eigenvalue weighted by molar-refractivity contribution is 5.44. The lowest BCUT2D eigenvalue weighted by atomic mass is 9.95. The summed E-state index contributed by atoms with van der Waals surface area (Å²) in [7, 11) is 0. The van der Waals surface area contributed by atoms with Crippen LogP contribution in [0.5, 0.6) is 17.2 Å². The largest absolute Gasteiger partial charge is 0.488 e. The fourth-order valence-corrected chi connectivity index (χ4v) is 3.06. The van der Waals surface area contributed by atoms with Crippen molar-refractivity contribution in [2.24, 2.45) is 5.92 Å². The van der Waals surface area contributed by atoms with Gasteiger partial charge in [0.2, 0.25) is 0 Å². The van der Waals surface area contributed by atoms with Crippen molar-refractivity contribution in [3.63, 3.8) is 0 Å². The van der Waals surface area contributed by atoms with Crippen LogP contribution in [-0.2, 0) is 0 Å². The molecule has 6 heteroatoms. The summed E-state index contributed by atoms with van der Waals surface area (Å²) >= 11 is 0. The van der Waals surface area contributed by atoms with Crippen molar-refractivity contribution in [3.8, 4) is 17.2 Å². The standard InChI is InChI=1S/C21H26FNO4/c1-14(2)21(15-7-8-19-20(11-15)26-10-9-25-19)23-12-16(24)13-27-18-6-4-3-5-17(18)22/h3-8,11,14,16,21,23-24H,9-10,12-13H2,1-2H3/t16-,21-/m1/s1. The van der Waals surface area contributed by atoms with Crippen molar-refractivity contribution in [2.75, 3.05) is 26.4 Å². The Bertz CT molecular complexity index is 753. The van der Waals surface area contributed by atoms with Crippen LogP contribution in [0, 0.1) is 11.7 Å². The van der Waals surface area contributed by atoms with Crippen LogP contribution in [0.3, 0.4) is 0 Å². The molecule has 2 N–H and O–H groups in total. The van der Waals surface area contributed by atoms with Crippen molar-refractivity contribution < 1.29 is 23.7 Å². The molecule has 0 bridgehead atoms. The minimum absolute atomic E-state index is 0.0138. The second-order valence-corrected chi connectivity index (χ2v) is 6.93. The lowest BCUT2D eigenvalue weighted by Crippen LogP contribution is -2.36. The van der Waals surface area contributed by atoms with Gasteiger partial charge in [0.05, 0.1) is 0 Å². The highest BCUT2D eigenvalue weighted by atomic mass is 19.1. The number of fused-ring (bicyclic) bond motifs is 1. The minimum Gasteiger partial charge on any atom is -0.488 e. The van der Waals surface area contributed by atoms with Crippen LogP contribution < -0.4 is 19.5 Å². The molecule has 1 aliphatic heterocycles. The van der Waals surface area contributed by atoms with Gasteiger partial charge in [-0.3, -0.25) is 0 Å². The van der Waals surface area contributed by atoms with Crippen LogP contribution >= 0.6 is 0 Å². The van der Waals surface area contributed by atoms with Crippen LogP contribution in [0.2, 0.25) is 0 Å². The molecule has 3 rings (SSSR count). The predicted octanol–water partition coefficient (Wildman–Crippen LogP) is 3.32. The first-order valence-electron chi connectivity index (χ1n) is 9.23. The molecule has 2 aromatic rings. The number of para-hydroxylation sites is 1. The van der Waals surface area contributed by atoms with Gasteiger partial charge in [0, 0.05) is 12.6 Å². The summed E-state index contributed by atoms with van der Waals surface area (Å²) in [6.07, 6.45) is -0.761. The number of halogens is 1. The van der Waals surface area contributed by atoms with Gasteiger partial charge in [-0.25, -0.2) is 4.39 Å². The molecule has 5 nitrogen and oxygen atoms in total. The Hall–Kier alpha value is -2.31. The molecule has 146 valence electrons. The van der Waals surface area contributed by atoms with Crippen LogP contribution in [0.4, 0.5) is 4.39 Å². The van der Waals surface area contributed by atoms with Gasteiger partial charge in [-0.1, -0.05) is 32.0 Å². The zero-order valence-electron chi connectivity index (χ0n) is 15.7. The van der Waals surface area contributed by atoms with Gasteiger partial charge in [-0.2, -0.15) is 0 Å². The molecule has 0 fully saturated rings. The number of nitrogens with one attached hydrogen (secondary N) is 1. The number of ether oxygens (including phenoxy) is 3. The van der Waals surface area contributed by atoms with Gasteiger partial charge in [0.25, 0.3) is 0 Å². The van der Waals surface area contributed by atoms with Crippen molar-refractivity contribution >= 4 is 0 Å². The molecule has 1 aliphatic rings. The van der Waals surface area contributed by atoms with E-state index in [-0.39, 0.29) is 18.4 Å². The summed E-state index contributed by atoms with van der Waals surface area (Å²) < 4.78 is 30.2. The van der Waals surface area contributed by atoms with E-state index in [0.717, 1.165) is 17.1 Å². The van der Waals surface area contributed by atoms with E-state index in [2.05, 4.69) is 19.2 Å². The molecule has 1 heterocycles. The highest BCUT2D eigenvalue weighted by Crippen LogP contribution is 2.34. The summed E-state index contributed by atoms with van der Waals surface area (Å²) in [6, 6.07) is 12.1. The van der Waals surface area contributed by atoms with Gasteiger partial charge in [0.1, 0.15) is 25.9 Å². The summed E-state index contributed by atoms with van der Waals surface area (Å²) in [4.78, 5) is 0. The number of hydrogen-bond acceptors (Lipinski definition) is 5. The molecule has 0 aliphatic carbocycles. The zero-order valence-corrected chi connectivity index (χ0v) is 15.7. The van der Waals surface area contributed by atoms with Crippen LogP contribution in [0.1, 0.15) is 25.5 Å². The number of rotatable bonds is 8. The summed E-state index contributed by atoms with van der Waals surface area (Å²) in [5.74, 6) is 1.51. The Morgan fingerprint density at radius 3 is 2.59 bits per heavy atom. The van der Waals surface area contributed by atoms with E-state index >= 15 is 0 Å². The molecule has 2 atom stereocenters. The van der Waals surface area contributed by atoms with Gasteiger partial charge in [-0.05, 0) is 35.7 Å². The van der Waals surface area contributed by atoms with E-state index in [1.807, 2.05) is 18.2 Å². The monoisotopic (exact) mass is 375 g/mol. The first-order valence-corrected chi connectivity index (χ1v) is 9.23. The van der Waals surface area contributed by atoms with E-state index < -0.39 is 11.9 Å². The molecule has 0 amide bonds. The van der Waals surface area contributed by atoms with Gasteiger partial charge >= 0.3 is 0 Å². The molecule has 0 unspecified atom stereocenters. The fraction of sp³-hybridized carbons (Fsp3) is 0.429. The second kappa shape index (κ2) is 9.06. The number of benzene rings is 2. The Labute approximate surface area is 159 Å². The topological polar surface area (TPSA) is 60.0 Å². The average molecular weight is 375 g/mol. The highest BCUT2D eigenvalue weighted by Gasteiger charge is 2.20. The third-order valence-electron chi connectivity index (χ3n) is 4.43. The molecule has 0 saturated heterocycles. The van der Waals surface area contributed by atoms with Gasteiger partial charge < -0.3 is 24.6 Å². The third kappa shape index (κ3) is 5.11. The van der Waals surface area contributed by atoms with E-state index in [1.54, 1.807) is 18.2 Å². The number of hydrogen-bond donors (Lipinski definition) is 2. The zero-order chi connectivity index (χ0) is 19.2. The Morgan fingerprint density at radius 1 is 1.11 bits per heavy atom. The van der Waals surface area contributed by atoms with Gasteiger partial charge in [0.15, 0.2) is 23.1 Å². The molecule has 2 aromatic carbocycles. The predicted molar refractivity (Wildman–Crippen MR) is 101 cm³/mol. The van der Waals surface area contributed by atoms with Crippen molar-refractivity contribution in [1.29, 1.82) is 0 Å². The third-order valence-corrected chi connectivity index (χ3v) is 4.43. The van der Waals surface area contributed by atoms with E-state index in [9.17, 15) is 9.50 Å². The lowest BCUT2D eigenvalue weighted by Gasteiger charge is -2.26. The van der Waals surface area contributed by atoms with Crippen LogP contribution in [0.15, 0.2) is 42.5 Å². The minimum atomic E-state index is -0.761. The van der Waals surface area contributed by atoms with Crippen molar-refractivity contribution in [1.82, 2.24) is 5.32 Å². The second-order valence-electron chi connectivity index (χ2n) is 6.93. The smallest absolute Gasteiger partial charge is 0.165 e. The lowest BCUT2D eigenvalue weighted by molar-refractivity contribution is 0.0993. The molecule has 0 spiro atoms. The van der Waals surface area contributed by atoms with Gasteiger partial charge in [-0.15, -0.1) is 0 Å². The van der Waals surface area contributed by atoms with Crippen molar-refractivity contribution in [2.45, 2.75) is 26.0 Å². The van der Waals surface area contributed by atoms with E-state index in [4.69, 9.17) is 14.2 Å². The van der Waals surface area contributed by atoms with E-state index in [0.29, 0.717) is 25.7 Å². The molecular weight excluding hydrogens is 349 g/mol. The molecule has 0 radical (unpaired) electrons. The maximum atomic E-state index is 13.6. The maximum absolute atomic E-state index is 13.6. The number of aliphatic hydroxyl groups is 1. The van der Waals surface area contributed by atoms with E-state index in [1.165, 1.54) is 6.07 Å². The van der Waals surface area contributed by atoms with Crippen LogP contribution in [-0.4, -0.2) is 37.6 Å². The summed E-state index contributed by atoms with van der Waals surface area (Å²) in [5.41, 5.74) is 1.07. The summed E-state index contributed by atoms with van der Waals surface area (Å²) in [5, 5.41) is 13.6. The average Bonchev–Trinajstić information content (AvgIpc) is 2.67. The number of aliphatic hydroxyl groups excluding tert-OH is 1. The Balaban J connectivity index is 1.57. The molecule has 27 heavy (non-hydrogen) atoms. The SMILES string of the molecule is CC(C)[C@@H](NC[C@@H](O)COc1ccccc1F)c1ccc2c(c1)OCCO2. The molecule has 0 aromatic heterocycles. The van der Waals surface area contributed by atoms with Crippen molar-refractivity contribution in [3.05, 3.63) is 53.8 Å². The first-order chi connectivity index (χ1) is 13.0. The molecule has 0 saturated carbocycles. The summed E-state index contributed by atoms with van der Waals surface area (Å²) in [6.45, 7) is 5.66. The van der Waals surface area contributed by atoms with Crippen LogP contribution in [0.25, 0.3) is 0 Å². The normalized spacial score (nSPS) is 15.4. The quantitative estimate of drug-likeness (QED) is 0.741. The Morgan fingerprint density at radius 2 is 1.85 bits per heavy atom. The first kappa shape index (κ1) is 19.5. The fourth-order valence-electron chi connectivity index (χ4n) is 3.06. The Kier molecular flexibility index (Phi) is 6.53. The molecular formula is C21H26FNO4.